The molecule has 0 aliphatic carbocycles. The smallest absolute Gasteiger partial charge is 0.185 e. The van der Waals surface area contributed by atoms with E-state index in [2.05, 4.69) is 0 Å². The normalized spacial score (nSPS) is 10.9. The number of hydrogen-bond donors (Lipinski definition) is 1. The molecule has 0 unspecified atom stereocenters. The van der Waals surface area contributed by atoms with Gasteiger partial charge in [-0.3, -0.25) is 4.79 Å². The number of carbonyl (C=O) groups is 1. The maximum atomic E-state index is 12.0. The minimum atomic E-state index is -0.163. The van der Waals surface area contributed by atoms with Crippen molar-refractivity contribution in [3.05, 3.63) is 69.2 Å². The number of aromatic hydroxyl groups is 1. The average Bonchev–Trinajstić information content (AvgIpc) is 2.43. The molecule has 0 saturated heterocycles. The van der Waals surface area contributed by atoms with E-state index in [-0.39, 0.29) is 11.5 Å². The number of ketones is 1. The fourth-order valence-electron chi connectivity index (χ4n) is 1.72. The summed E-state index contributed by atoms with van der Waals surface area (Å²) in [6.07, 6.45) is 3.06. The fraction of sp³-hybridized carbons (Fsp3) is 0.0625. The Hall–Kier alpha value is -1.77. The number of phenols is 1. The van der Waals surface area contributed by atoms with Crippen molar-refractivity contribution in [3.8, 4) is 5.75 Å². The Morgan fingerprint density at radius 2 is 1.95 bits per heavy atom. The number of phenolic OH excluding ortho intramolecular Hbond substituents is 1. The molecule has 2 aromatic rings. The minimum Gasteiger partial charge on any atom is -0.508 e. The standard InChI is InChI=1S/C16H12Cl2O2/c1-10-9-12(6-7-14(10)19)15(20)8-5-11-3-2-4-13(17)16(11)18/h2-9,19H,1H3. The summed E-state index contributed by atoms with van der Waals surface area (Å²) >= 11 is 11.9. The van der Waals surface area contributed by atoms with Gasteiger partial charge >= 0.3 is 0 Å². The highest BCUT2D eigenvalue weighted by Gasteiger charge is 2.06. The minimum absolute atomic E-state index is 0.163. The second kappa shape index (κ2) is 6.12. The van der Waals surface area contributed by atoms with E-state index in [0.717, 1.165) is 0 Å². The van der Waals surface area contributed by atoms with E-state index >= 15 is 0 Å². The lowest BCUT2D eigenvalue weighted by Crippen LogP contribution is -1.94. The predicted molar refractivity (Wildman–Crippen MR) is 82.7 cm³/mol. The summed E-state index contributed by atoms with van der Waals surface area (Å²) in [5.41, 5.74) is 1.85. The molecular formula is C16H12Cl2O2. The molecule has 102 valence electrons. The number of benzene rings is 2. The molecule has 0 heterocycles. The number of aryl methyl sites for hydroxylation is 1. The molecule has 2 rings (SSSR count). The molecule has 2 nitrogen and oxygen atoms in total. The molecule has 4 heteroatoms. The molecule has 0 fully saturated rings. The van der Waals surface area contributed by atoms with Crippen LogP contribution >= 0.6 is 23.2 Å². The van der Waals surface area contributed by atoms with Gasteiger partial charge < -0.3 is 5.11 Å². The van der Waals surface area contributed by atoms with Crippen molar-refractivity contribution in [3.63, 3.8) is 0 Å². The number of halogens is 2. The summed E-state index contributed by atoms with van der Waals surface area (Å²) in [6.45, 7) is 1.74. The van der Waals surface area contributed by atoms with Crippen LogP contribution in [0.15, 0.2) is 42.5 Å². The highest BCUT2D eigenvalue weighted by Crippen LogP contribution is 2.26. The first-order valence-electron chi connectivity index (χ1n) is 5.95. The first-order chi connectivity index (χ1) is 9.49. The van der Waals surface area contributed by atoms with Crippen molar-refractivity contribution in [2.75, 3.05) is 0 Å². The van der Waals surface area contributed by atoms with E-state index in [9.17, 15) is 9.90 Å². The monoisotopic (exact) mass is 306 g/mol. The summed E-state index contributed by atoms with van der Waals surface area (Å²) in [5.74, 6) is 0.00700. The second-order valence-electron chi connectivity index (χ2n) is 4.34. The maximum Gasteiger partial charge on any atom is 0.185 e. The quantitative estimate of drug-likeness (QED) is 0.646. The van der Waals surface area contributed by atoms with Gasteiger partial charge in [0.1, 0.15) is 5.75 Å². The van der Waals surface area contributed by atoms with Crippen molar-refractivity contribution < 1.29 is 9.90 Å². The summed E-state index contributed by atoms with van der Waals surface area (Å²) in [4.78, 5) is 12.0. The Balaban J connectivity index is 2.24. The van der Waals surface area contributed by atoms with Gasteiger partial charge in [0, 0.05) is 5.56 Å². The van der Waals surface area contributed by atoms with Crippen molar-refractivity contribution >= 4 is 35.1 Å². The molecule has 0 aliphatic heterocycles. The number of rotatable bonds is 3. The Kier molecular flexibility index (Phi) is 4.48. The van der Waals surface area contributed by atoms with Gasteiger partial charge in [0.25, 0.3) is 0 Å². The molecule has 0 atom stereocenters. The van der Waals surface area contributed by atoms with Gasteiger partial charge in [-0.15, -0.1) is 0 Å². The summed E-state index contributed by atoms with van der Waals surface area (Å²) in [5, 5.41) is 10.3. The highest BCUT2D eigenvalue weighted by atomic mass is 35.5. The van der Waals surface area contributed by atoms with Crippen LogP contribution in [0, 0.1) is 6.92 Å². The van der Waals surface area contributed by atoms with Gasteiger partial charge in [0.05, 0.1) is 10.0 Å². The molecular weight excluding hydrogens is 295 g/mol. The Morgan fingerprint density at radius 1 is 1.20 bits per heavy atom. The van der Waals surface area contributed by atoms with Gasteiger partial charge in [-0.25, -0.2) is 0 Å². The Morgan fingerprint density at radius 3 is 2.65 bits per heavy atom. The molecule has 0 amide bonds. The second-order valence-corrected chi connectivity index (χ2v) is 5.13. The lowest BCUT2D eigenvalue weighted by Gasteiger charge is -2.02. The zero-order valence-electron chi connectivity index (χ0n) is 10.7. The number of carbonyl (C=O) groups excluding carboxylic acids is 1. The van der Waals surface area contributed by atoms with Gasteiger partial charge in [-0.2, -0.15) is 0 Å². The Bertz CT molecular complexity index is 691. The molecule has 0 radical (unpaired) electrons. The lowest BCUT2D eigenvalue weighted by molar-refractivity contribution is 0.104. The maximum absolute atomic E-state index is 12.0. The third-order valence-corrected chi connectivity index (χ3v) is 3.71. The molecule has 2 aromatic carbocycles. The van der Waals surface area contributed by atoms with Crippen LogP contribution in [-0.4, -0.2) is 10.9 Å². The summed E-state index contributed by atoms with van der Waals surface area (Å²) in [6, 6.07) is 9.95. The van der Waals surface area contributed by atoms with Crippen LogP contribution in [0.25, 0.3) is 6.08 Å². The van der Waals surface area contributed by atoms with Crippen LogP contribution < -0.4 is 0 Å². The van der Waals surface area contributed by atoms with E-state index in [0.29, 0.717) is 26.7 Å². The van der Waals surface area contributed by atoms with Gasteiger partial charge in [-0.1, -0.05) is 35.3 Å². The first-order valence-corrected chi connectivity index (χ1v) is 6.70. The lowest BCUT2D eigenvalue weighted by atomic mass is 10.1. The number of hydrogen-bond acceptors (Lipinski definition) is 2. The van der Waals surface area contributed by atoms with Crippen LogP contribution in [0.2, 0.25) is 10.0 Å². The van der Waals surface area contributed by atoms with Gasteiger partial charge in [-0.05, 0) is 54.5 Å². The molecule has 1 N–H and O–H groups in total. The first kappa shape index (κ1) is 14.6. The topological polar surface area (TPSA) is 37.3 Å². The summed E-state index contributed by atoms with van der Waals surface area (Å²) < 4.78 is 0. The van der Waals surface area contributed by atoms with Crippen LogP contribution in [-0.2, 0) is 0 Å². The molecule has 0 bridgehead atoms. The fourth-order valence-corrected chi connectivity index (χ4v) is 2.09. The zero-order chi connectivity index (χ0) is 14.7. The van der Waals surface area contributed by atoms with Crippen LogP contribution in [0.5, 0.6) is 5.75 Å². The van der Waals surface area contributed by atoms with Crippen LogP contribution in [0.3, 0.4) is 0 Å². The van der Waals surface area contributed by atoms with Crippen LogP contribution in [0.1, 0.15) is 21.5 Å². The molecule has 0 saturated carbocycles. The van der Waals surface area contributed by atoms with Crippen molar-refractivity contribution in [1.29, 1.82) is 0 Å². The summed E-state index contributed by atoms with van der Waals surface area (Å²) in [7, 11) is 0. The van der Waals surface area contributed by atoms with Crippen LogP contribution in [0.4, 0.5) is 0 Å². The van der Waals surface area contributed by atoms with Gasteiger partial charge in [0.2, 0.25) is 0 Å². The van der Waals surface area contributed by atoms with E-state index in [1.165, 1.54) is 12.1 Å². The molecule has 0 aliphatic rings. The van der Waals surface area contributed by atoms with Gasteiger partial charge in [0.15, 0.2) is 5.78 Å². The third-order valence-electron chi connectivity index (χ3n) is 2.88. The average molecular weight is 307 g/mol. The number of allylic oxidation sites excluding steroid dienone is 1. The van der Waals surface area contributed by atoms with E-state index in [1.807, 2.05) is 0 Å². The SMILES string of the molecule is Cc1cc(C(=O)C=Cc2cccc(Cl)c2Cl)ccc1O. The Labute approximate surface area is 127 Å². The van der Waals surface area contributed by atoms with Crippen molar-refractivity contribution in [2.45, 2.75) is 6.92 Å². The van der Waals surface area contributed by atoms with Crippen molar-refractivity contribution in [1.82, 2.24) is 0 Å². The molecule has 0 spiro atoms. The molecule has 0 aromatic heterocycles. The third kappa shape index (κ3) is 3.21. The van der Waals surface area contributed by atoms with E-state index in [4.69, 9.17) is 23.2 Å². The zero-order valence-corrected chi connectivity index (χ0v) is 12.2. The van der Waals surface area contributed by atoms with Crippen molar-refractivity contribution in [2.24, 2.45) is 0 Å². The van der Waals surface area contributed by atoms with E-state index < -0.39 is 0 Å². The largest absolute Gasteiger partial charge is 0.508 e. The molecule has 20 heavy (non-hydrogen) atoms. The predicted octanol–water partition coefficient (Wildman–Crippen LogP) is 4.90. The van der Waals surface area contributed by atoms with E-state index in [1.54, 1.807) is 43.3 Å². The highest BCUT2D eigenvalue weighted by molar-refractivity contribution is 6.42.